The molecule has 0 saturated carbocycles. The summed E-state index contributed by atoms with van der Waals surface area (Å²) in [5.74, 6) is 0.630. The van der Waals surface area contributed by atoms with Crippen molar-refractivity contribution in [2.45, 2.75) is 6.10 Å². The highest BCUT2D eigenvalue weighted by atomic mass is 35.5. The predicted octanol–water partition coefficient (Wildman–Crippen LogP) is 4.30. The Kier molecular flexibility index (Phi) is 6.26. The molecule has 10 heteroatoms. The number of nitrogens with one attached hydrogen (secondary N) is 2. The van der Waals surface area contributed by atoms with Crippen LogP contribution in [0.2, 0.25) is 5.02 Å². The number of amides is 1. The Bertz CT molecular complexity index is 1420. The number of likely N-dealkylation sites (tertiary alicyclic amines) is 1. The lowest BCUT2D eigenvalue weighted by Crippen LogP contribution is -2.51. The summed E-state index contributed by atoms with van der Waals surface area (Å²) < 4.78 is 6.06. The zero-order chi connectivity index (χ0) is 24.4. The number of benzene rings is 1. The number of rotatable bonds is 7. The lowest BCUT2D eigenvalue weighted by atomic mass is 10.1. The number of likely N-dealkylation sites (N-methyl/N-ethyl adjacent to an activating group) is 1. The number of hydrogen-bond donors (Lipinski definition) is 2. The molecule has 1 aliphatic heterocycles. The van der Waals surface area contributed by atoms with Gasteiger partial charge in [0.2, 0.25) is 11.9 Å². The van der Waals surface area contributed by atoms with E-state index in [-0.39, 0.29) is 12.0 Å². The molecule has 5 rings (SSSR count). The van der Waals surface area contributed by atoms with Gasteiger partial charge in [-0.15, -0.1) is 0 Å². The molecular weight excluding hydrogens is 466 g/mol. The summed E-state index contributed by atoms with van der Waals surface area (Å²) >= 11 is 6.14. The normalized spacial score (nSPS) is 13.8. The molecule has 4 heterocycles. The van der Waals surface area contributed by atoms with Crippen molar-refractivity contribution in [3.05, 3.63) is 72.8 Å². The van der Waals surface area contributed by atoms with Crippen LogP contribution in [0.25, 0.3) is 22.2 Å². The summed E-state index contributed by atoms with van der Waals surface area (Å²) in [6, 6.07) is 9.12. The fourth-order valence-corrected chi connectivity index (χ4v) is 3.98. The smallest absolute Gasteiger partial charge is 0.247 e. The van der Waals surface area contributed by atoms with E-state index >= 15 is 0 Å². The second kappa shape index (κ2) is 9.65. The van der Waals surface area contributed by atoms with Gasteiger partial charge < -0.3 is 15.4 Å². The van der Waals surface area contributed by atoms with Crippen LogP contribution in [0.1, 0.15) is 0 Å². The van der Waals surface area contributed by atoms with E-state index < -0.39 is 0 Å². The fourth-order valence-electron chi connectivity index (χ4n) is 3.81. The van der Waals surface area contributed by atoms with Crippen molar-refractivity contribution in [1.82, 2.24) is 24.8 Å². The van der Waals surface area contributed by atoms with E-state index in [2.05, 4.69) is 42.0 Å². The third-order valence-electron chi connectivity index (χ3n) is 5.50. The summed E-state index contributed by atoms with van der Waals surface area (Å²) in [5.41, 5.74) is 4.17. The van der Waals surface area contributed by atoms with Gasteiger partial charge in [-0.3, -0.25) is 19.7 Å². The Morgan fingerprint density at radius 2 is 2.06 bits per heavy atom. The molecule has 1 amide bonds. The summed E-state index contributed by atoms with van der Waals surface area (Å²) in [5, 5.41) is 6.54. The molecule has 176 valence electrons. The van der Waals surface area contributed by atoms with Crippen LogP contribution in [0, 0.1) is 0 Å². The quantitative estimate of drug-likeness (QED) is 0.372. The van der Waals surface area contributed by atoms with Gasteiger partial charge in [0.05, 0.1) is 16.9 Å². The van der Waals surface area contributed by atoms with Crippen molar-refractivity contribution in [2.75, 3.05) is 30.8 Å². The van der Waals surface area contributed by atoms with Crippen molar-refractivity contribution in [3.63, 3.8) is 0 Å². The van der Waals surface area contributed by atoms with Gasteiger partial charge in [0.25, 0.3) is 0 Å². The first-order chi connectivity index (χ1) is 17.0. The number of carbonyl (C=O) groups is 1. The van der Waals surface area contributed by atoms with E-state index in [1.54, 1.807) is 30.9 Å². The van der Waals surface area contributed by atoms with E-state index in [9.17, 15) is 4.79 Å². The number of anilines is 3. The standard InChI is InChI=1S/C25H22ClN7O2/c1-3-23(34)31-20-9-17(4-5-22(20)35-18-13-33(2)14-18)30-25-29-12-21-24(32-25)19(6-7-28-21)15-8-16(26)11-27-10-15/h3-12,18H,1,13-14H2,2H3,(H,31,34)(H,29,30,32). The molecular formula is C25H22ClN7O2. The molecule has 1 saturated heterocycles. The third kappa shape index (κ3) is 5.06. The van der Waals surface area contributed by atoms with Crippen LogP contribution in [0.3, 0.4) is 0 Å². The minimum atomic E-state index is -0.328. The first kappa shape index (κ1) is 22.7. The Morgan fingerprint density at radius 1 is 1.20 bits per heavy atom. The molecule has 0 radical (unpaired) electrons. The monoisotopic (exact) mass is 487 g/mol. The van der Waals surface area contributed by atoms with E-state index in [1.165, 1.54) is 6.08 Å². The Balaban J connectivity index is 1.45. The molecule has 1 fully saturated rings. The molecule has 0 unspecified atom stereocenters. The second-order valence-corrected chi connectivity index (χ2v) is 8.60. The van der Waals surface area contributed by atoms with Gasteiger partial charge >= 0.3 is 0 Å². The summed E-state index contributed by atoms with van der Waals surface area (Å²) in [7, 11) is 2.03. The molecule has 2 N–H and O–H groups in total. The average molecular weight is 488 g/mol. The van der Waals surface area contributed by atoms with Gasteiger partial charge in [-0.2, -0.15) is 0 Å². The molecule has 1 aliphatic rings. The fraction of sp³-hybridized carbons (Fsp3) is 0.160. The minimum Gasteiger partial charge on any atom is -0.486 e. The average Bonchev–Trinajstić information content (AvgIpc) is 2.84. The zero-order valence-electron chi connectivity index (χ0n) is 18.9. The summed E-state index contributed by atoms with van der Waals surface area (Å²) in [6.07, 6.45) is 7.94. The lowest BCUT2D eigenvalue weighted by molar-refractivity contribution is -0.111. The Morgan fingerprint density at radius 3 is 2.83 bits per heavy atom. The van der Waals surface area contributed by atoms with E-state index in [4.69, 9.17) is 16.3 Å². The molecule has 9 nitrogen and oxygen atoms in total. The number of ether oxygens (including phenoxy) is 1. The van der Waals surface area contributed by atoms with E-state index in [1.807, 2.05) is 31.3 Å². The topological polar surface area (TPSA) is 105 Å². The van der Waals surface area contributed by atoms with Crippen molar-refractivity contribution >= 4 is 45.9 Å². The van der Waals surface area contributed by atoms with E-state index in [0.29, 0.717) is 39.1 Å². The second-order valence-electron chi connectivity index (χ2n) is 8.17. The predicted molar refractivity (Wildman–Crippen MR) is 136 cm³/mol. The molecule has 0 spiro atoms. The van der Waals surface area contributed by atoms with Gasteiger partial charge in [0.1, 0.15) is 22.9 Å². The minimum absolute atomic E-state index is 0.0777. The third-order valence-corrected chi connectivity index (χ3v) is 5.71. The van der Waals surface area contributed by atoms with Gasteiger partial charge in [0, 0.05) is 48.5 Å². The summed E-state index contributed by atoms with van der Waals surface area (Å²) in [6.45, 7) is 5.19. The molecule has 0 bridgehead atoms. The van der Waals surface area contributed by atoms with Crippen molar-refractivity contribution in [2.24, 2.45) is 0 Å². The SMILES string of the molecule is C=CC(=O)Nc1cc(Nc2ncc3nccc(-c4cncc(Cl)c4)c3n2)ccc1OC1CN(C)C1. The number of hydrogen-bond acceptors (Lipinski definition) is 8. The van der Waals surface area contributed by atoms with Crippen LogP contribution in [0.4, 0.5) is 17.3 Å². The molecule has 0 aliphatic carbocycles. The number of pyridine rings is 2. The highest BCUT2D eigenvalue weighted by Gasteiger charge is 2.26. The van der Waals surface area contributed by atoms with Gasteiger partial charge in [-0.25, -0.2) is 9.97 Å². The zero-order valence-corrected chi connectivity index (χ0v) is 19.7. The molecule has 35 heavy (non-hydrogen) atoms. The highest BCUT2D eigenvalue weighted by Crippen LogP contribution is 2.32. The maximum atomic E-state index is 12.0. The molecule has 0 atom stereocenters. The number of nitrogens with zero attached hydrogens (tertiary/aromatic N) is 5. The number of fused-ring (bicyclic) bond motifs is 1. The summed E-state index contributed by atoms with van der Waals surface area (Å²) in [4.78, 5) is 31.8. The highest BCUT2D eigenvalue weighted by molar-refractivity contribution is 6.30. The Hall–Kier alpha value is -4.08. The van der Waals surface area contributed by atoms with Gasteiger partial charge in [-0.1, -0.05) is 18.2 Å². The van der Waals surface area contributed by atoms with E-state index in [0.717, 1.165) is 24.2 Å². The van der Waals surface area contributed by atoms with Crippen LogP contribution in [0.5, 0.6) is 5.75 Å². The van der Waals surface area contributed by atoms with Crippen molar-refractivity contribution < 1.29 is 9.53 Å². The Labute approximate surface area is 206 Å². The first-order valence-corrected chi connectivity index (χ1v) is 11.3. The lowest BCUT2D eigenvalue weighted by Gasteiger charge is -2.36. The first-order valence-electron chi connectivity index (χ1n) is 10.9. The maximum Gasteiger partial charge on any atom is 0.247 e. The van der Waals surface area contributed by atoms with Crippen molar-refractivity contribution in [1.29, 1.82) is 0 Å². The van der Waals surface area contributed by atoms with Crippen LogP contribution in [0.15, 0.2) is 67.8 Å². The van der Waals surface area contributed by atoms with Crippen LogP contribution < -0.4 is 15.4 Å². The molecule has 4 aromatic rings. The van der Waals surface area contributed by atoms with Gasteiger partial charge in [0.15, 0.2) is 0 Å². The number of carbonyl (C=O) groups excluding carboxylic acids is 1. The van der Waals surface area contributed by atoms with Crippen LogP contribution >= 0.6 is 11.6 Å². The number of aromatic nitrogens is 4. The van der Waals surface area contributed by atoms with Gasteiger partial charge in [-0.05, 0) is 43.5 Å². The number of halogens is 1. The molecule has 3 aromatic heterocycles. The largest absolute Gasteiger partial charge is 0.486 e. The van der Waals surface area contributed by atoms with Crippen LogP contribution in [-0.2, 0) is 4.79 Å². The van der Waals surface area contributed by atoms with Crippen LogP contribution in [-0.4, -0.2) is 57.0 Å². The maximum absolute atomic E-state index is 12.0. The molecule has 1 aromatic carbocycles. The van der Waals surface area contributed by atoms with Crippen molar-refractivity contribution in [3.8, 4) is 16.9 Å².